The molecule has 1 amide bonds. The number of carbonyl (C=O) groups excluding carboxylic acids is 1. The summed E-state index contributed by atoms with van der Waals surface area (Å²) >= 11 is 0. The minimum absolute atomic E-state index is 0.0472. The largest absolute Gasteiger partial charge is 0.494 e. The van der Waals surface area contributed by atoms with Crippen LogP contribution in [0.25, 0.3) is 0 Å². The molecule has 138 valence electrons. The van der Waals surface area contributed by atoms with Crippen molar-refractivity contribution in [2.24, 2.45) is 0 Å². The predicted octanol–water partition coefficient (Wildman–Crippen LogP) is 3.62. The van der Waals surface area contributed by atoms with Crippen LogP contribution in [0.2, 0.25) is 0 Å². The fourth-order valence-corrected chi connectivity index (χ4v) is 2.22. The van der Waals surface area contributed by atoms with Crippen molar-refractivity contribution in [2.75, 3.05) is 25.0 Å². The van der Waals surface area contributed by atoms with Gasteiger partial charge in [-0.15, -0.1) is 0 Å². The number of nitro groups is 1. The highest BCUT2D eigenvalue weighted by atomic mass is 16.6. The number of non-ortho nitro benzene ring substituents is 1. The van der Waals surface area contributed by atoms with Crippen LogP contribution >= 0.6 is 0 Å². The molecule has 26 heavy (non-hydrogen) atoms. The Balaban J connectivity index is 1.72. The second kappa shape index (κ2) is 10.0. The van der Waals surface area contributed by atoms with Gasteiger partial charge in [0.25, 0.3) is 11.6 Å². The van der Waals surface area contributed by atoms with Crippen LogP contribution in [0.15, 0.2) is 48.5 Å². The highest BCUT2D eigenvalue weighted by Gasteiger charge is 2.06. The molecule has 0 aliphatic rings. The van der Waals surface area contributed by atoms with Gasteiger partial charge in [0.1, 0.15) is 5.75 Å². The number of nitrogens with one attached hydrogen (secondary N) is 2. The number of hydrogen-bond acceptors (Lipinski definition) is 5. The number of benzene rings is 2. The molecule has 0 saturated heterocycles. The topological polar surface area (TPSA) is 93.5 Å². The van der Waals surface area contributed by atoms with Gasteiger partial charge in [0.2, 0.25) is 0 Å². The molecule has 7 nitrogen and oxygen atoms in total. The van der Waals surface area contributed by atoms with Gasteiger partial charge in [0.15, 0.2) is 0 Å². The van der Waals surface area contributed by atoms with Crippen molar-refractivity contribution in [3.05, 3.63) is 64.2 Å². The smallest absolute Gasteiger partial charge is 0.269 e. The van der Waals surface area contributed by atoms with E-state index in [1.54, 1.807) is 36.4 Å². The molecule has 2 aromatic rings. The maximum Gasteiger partial charge on any atom is 0.269 e. The first kappa shape index (κ1) is 19.2. The molecule has 0 aromatic heterocycles. The molecule has 0 fully saturated rings. The SMILES string of the molecule is CCCCOc1ccc(C(=O)NCCNc2ccc([N+](=O)[O-])cc2)cc1. The van der Waals surface area contributed by atoms with Crippen molar-refractivity contribution < 1.29 is 14.5 Å². The third-order valence-corrected chi connectivity index (χ3v) is 3.70. The van der Waals surface area contributed by atoms with Crippen LogP contribution in [0, 0.1) is 10.1 Å². The number of nitrogens with zero attached hydrogens (tertiary/aromatic N) is 1. The second-order valence-electron chi connectivity index (χ2n) is 5.71. The zero-order valence-electron chi connectivity index (χ0n) is 14.7. The van der Waals surface area contributed by atoms with Crippen molar-refractivity contribution in [3.8, 4) is 5.75 Å². The molecule has 0 radical (unpaired) electrons. The average molecular weight is 357 g/mol. The van der Waals surface area contributed by atoms with E-state index in [0.29, 0.717) is 25.3 Å². The van der Waals surface area contributed by atoms with Crippen LogP contribution in [0.4, 0.5) is 11.4 Å². The summed E-state index contributed by atoms with van der Waals surface area (Å²) < 4.78 is 5.57. The van der Waals surface area contributed by atoms with Gasteiger partial charge in [0, 0.05) is 36.5 Å². The molecule has 0 saturated carbocycles. The van der Waals surface area contributed by atoms with Gasteiger partial charge in [-0.05, 0) is 42.8 Å². The minimum Gasteiger partial charge on any atom is -0.494 e. The average Bonchev–Trinajstić information content (AvgIpc) is 2.66. The monoisotopic (exact) mass is 357 g/mol. The molecule has 0 aliphatic carbocycles. The van der Waals surface area contributed by atoms with Crippen molar-refractivity contribution in [1.82, 2.24) is 5.32 Å². The molecule has 7 heteroatoms. The number of hydrogen-bond donors (Lipinski definition) is 2. The zero-order chi connectivity index (χ0) is 18.8. The number of nitro benzene ring substituents is 1. The van der Waals surface area contributed by atoms with Crippen LogP contribution in [0.5, 0.6) is 5.75 Å². The lowest BCUT2D eigenvalue weighted by Crippen LogP contribution is -2.28. The van der Waals surface area contributed by atoms with Crippen LogP contribution in [-0.4, -0.2) is 30.5 Å². The first-order valence-electron chi connectivity index (χ1n) is 8.59. The fourth-order valence-electron chi connectivity index (χ4n) is 2.22. The summed E-state index contributed by atoms with van der Waals surface area (Å²) in [5.74, 6) is 0.602. The number of ether oxygens (including phenoxy) is 1. The van der Waals surface area contributed by atoms with Gasteiger partial charge in [-0.1, -0.05) is 13.3 Å². The Morgan fingerprint density at radius 1 is 1.08 bits per heavy atom. The summed E-state index contributed by atoms with van der Waals surface area (Å²) in [6, 6.07) is 13.2. The van der Waals surface area contributed by atoms with Crippen LogP contribution in [0.3, 0.4) is 0 Å². The van der Waals surface area contributed by atoms with Crippen LogP contribution < -0.4 is 15.4 Å². The standard InChI is InChI=1S/C19H23N3O4/c1-2-3-14-26-18-10-4-15(5-11-18)19(23)21-13-12-20-16-6-8-17(9-7-16)22(24)25/h4-11,20H,2-3,12-14H2,1H3,(H,21,23). The van der Waals surface area contributed by atoms with Gasteiger partial charge in [-0.2, -0.15) is 0 Å². The van der Waals surface area contributed by atoms with Crippen molar-refractivity contribution in [2.45, 2.75) is 19.8 Å². The summed E-state index contributed by atoms with van der Waals surface area (Å²) in [6.07, 6.45) is 2.08. The Kier molecular flexibility index (Phi) is 7.42. The zero-order valence-corrected chi connectivity index (χ0v) is 14.7. The highest BCUT2D eigenvalue weighted by Crippen LogP contribution is 2.15. The summed E-state index contributed by atoms with van der Waals surface area (Å²) in [6.45, 7) is 3.73. The van der Waals surface area contributed by atoms with E-state index in [4.69, 9.17) is 4.74 Å². The Morgan fingerprint density at radius 2 is 1.77 bits per heavy atom. The van der Waals surface area contributed by atoms with Crippen LogP contribution in [0.1, 0.15) is 30.1 Å². The fraction of sp³-hybridized carbons (Fsp3) is 0.316. The van der Waals surface area contributed by atoms with Crippen molar-refractivity contribution in [3.63, 3.8) is 0 Å². The predicted molar refractivity (Wildman–Crippen MR) is 101 cm³/mol. The minimum atomic E-state index is -0.440. The van der Waals surface area contributed by atoms with E-state index in [0.717, 1.165) is 24.3 Å². The van der Waals surface area contributed by atoms with Crippen molar-refractivity contribution in [1.29, 1.82) is 0 Å². The quantitative estimate of drug-likeness (QED) is 0.385. The van der Waals surface area contributed by atoms with Gasteiger partial charge in [0.05, 0.1) is 11.5 Å². The number of rotatable bonds is 10. The van der Waals surface area contributed by atoms with E-state index in [2.05, 4.69) is 17.6 Å². The molecule has 0 heterocycles. The molecule has 2 aromatic carbocycles. The molecule has 0 aliphatic heterocycles. The molecular weight excluding hydrogens is 334 g/mol. The second-order valence-corrected chi connectivity index (χ2v) is 5.71. The maximum absolute atomic E-state index is 12.1. The van der Waals surface area contributed by atoms with Crippen LogP contribution in [-0.2, 0) is 0 Å². The number of amides is 1. The van der Waals surface area contributed by atoms with E-state index < -0.39 is 4.92 Å². The normalized spacial score (nSPS) is 10.2. The first-order chi connectivity index (χ1) is 12.6. The van der Waals surface area contributed by atoms with E-state index in [1.807, 2.05) is 0 Å². The molecule has 2 N–H and O–H groups in total. The molecule has 0 unspecified atom stereocenters. The number of anilines is 1. The highest BCUT2D eigenvalue weighted by molar-refractivity contribution is 5.94. The van der Waals surface area contributed by atoms with Gasteiger partial charge in [-0.3, -0.25) is 14.9 Å². The summed E-state index contributed by atoms with van der Waals surface area (Å²) in [4.78, 5) is 22.3. The number of carbonyl (C=O) groups is 1. The van der Waals surface area contributed by atoms with Gasteiger partial charge >= 0.3 is 0 Å². The first-order valence-corrected chi connectivity index (χ1v) is 8.59. The van der Waals surface area contributed by atoms with E-state index in [9.17, 15) is 14.9 Å². The third kappa shape index (κ3) is 6.08. The van der Waals surface area contributed by atoms with E-state index in [-0.39, 0.29) is 11.6 Å². The lowest BCUT2D eigenvalue weighted by molar-refractivity contribution is -0.384. The van der Waals surface area contributed by atoms with E-state index >= 15 is 0 Å². The van der Waals surface area contributed by atoms with E-state index in [1.165, 1.54) is 12.1 Å². The summed E-state index contributed by atoms with van der Waals surface area (Å²) in [5, 5.41) is 16.5. The lowest BCUT2D eigenvalue weighted by atomic mass is 10.2. The summed E-state index contributed by atoms with van der Waals surface area (Å²) in [5.41, 5.74) is 1.38. The number of unbranched alkanes of at least 4 members (excludes halogenated alkanes) is 1. The molecule has 0 bridgehead atoms. The van der Waals surface area contributed by atoms with Gasteiger partial charge in [-0.25, -0.2) is 0 Å². The van der Waals surface area contributed by atoms with Gasteiger partial charge < -0.3 is 15.4 Å². The van der Waals surface area contributed by atoms with Crippen molar-refractivity contribution >= 4 is 17.3 Å². The third-order valence-electron chi connectivity index (χ3n) is 3.70. The maximum atomic E-state index is 12.1. The molecular formula is C19H23N3O4. The molecule has 0 spiro atoms. The summed E-state index contributed by atoms with van der Waals surface area (Å²) in [7, 11) is 0. The Hall–Kier alpha value is -3.09. The Morgan fingerprint density at radius 3 is 2.38 bits per heavy atom. The Bertz CT molecular complexity index is 715. The Labute approximate surface area is 152 Å². The lowest BCUT2D eigenvalue weighted by Gasteiger charge is -2.09. The molecule has 0 atom stereocenters. The molecule has 2 rings (SSSR count).